The molecule has 134 valence electrons. The molecule has 3 nitrogen and oxygen atoms in total. The first kappa shape index (κ1) is 22.1. The summed E-state index contributed by atoms with van der Waals surface area (Å²) in [6.45, 7) is 15.5. The third-order valence-electron chi connectivity index (χ3n) is 3.80. The lowest BCUT2D eigenvalue weighted by molar-refractivity contribution is 0.156. The number of hydrogen-bond donors (Lipinski definition) is 0. The van der Waals surface area contributed by atoms with Gasteiger partial charge in [-0.3, -0.25) is 9.89 Å². The van der Waals surface area contributed by atoms with Crippen LogP contribution in [0.2, 0.25) is 0 Å². The fourth-order valence-electron chi connectivity index (χ4n) is 2.75. The van der Waals surface area contributed by atoms with Crippen LogP contribution in [0, 0.1) is 0 Å². The van der Waals surface area contributed by atoms with Gasteiger partial charge in [0.1, 0.15) is 0 Å². The van der Waals surface area contributed by atoms with E-state index < -0.39 is 0 Å². The maximum Gasteiger partial charge on any atom is 0.0392 e. The summed E-state index contributed by atoms with van der Waals surface area (Å²) in [6, 6.07) is 10.7. The molecule has 0 aromatic heterocycles. The highest BCUT2D eigenvalue weighted by Gasteiger charge is 2.17. The fraction of sp³-hybridized carbons (Fsp3) is 0.476. The summed E-state index contributed by atoms with van der Waals surface area (Å²) in [5, 5.41) is 0. The molecule has 1 aliphatic rings. The van der Waals surface area contributed by atoms with Gasteiger partial charge in [-0.05, 0) is 32.4 Å². The van der Waals surface area contributed by atoms with Crippen molar-refractivity contribution in [2.45, 2.75) is 42.2 Å². The second-order valence-electron chi connectivity index (χ2n) is 6.08. The van der Waals surface area contributed by atoms with E-state index in [4.69, 9.17) is 0 Å². The number of nitrogens with zero attached hydrogens (tertiary/aromatic N) is 3. The largest absolute Gasteiger partial charge is 0.369 e. The van der Waals surface area contributed by atoms with Crippen molar-refractivity contribution < 1.29 is 0 Å². The Bertz CT molecular complexity index is 546. The Morgan fingerprint density at radius 1 is 1.04 bits per heavy atom. The van der Waals surface area contributed by atoms with Gasteiger partial charge >= 0.3 is 0 Å². The predicted molar refractivity (Wildman–Crippen MR) is 108 cm³/mol. The van der Waals surface area contributed by atoms with Gasteiger partial charge in [-0.2, -0.15) is 0 Å². The molecule has 0 radical (unpaired) electrons. The number of benzene rings is 1. The van der Waals surface area contributed by atoms with Crippen LogP contribution >= 0.6 is 0 Å². The van der Waals surface area contributed by atoms with Crippen LogP contribution in [-0.4, -0.2) is 41.7 Å². The van der Waals surface area contributed by atoms with Gasteiger partial charge in [-0.1, -0.05) is 51.8 Å². The molecule has 0 N–H and O–H groups in total. The lowest BCUT2D eigenvalue weighted by Crippen LogP contribution is -2.44. The number of allylic oxidation sites excluding steroid dienone is 2. The van der Waals surface area contributed by atoms with E-state index in [1.54, 1.807) is 0 Å². The van der Waals surface area contributed by atoms with E-state index in [2.05, 4.69) is 57.8 Å². The van der Waals surface area contributed by atoms with Gasteiger partial charge in [-0.25, -0.2) is 0 Å². The van der Waals surface area contributed by atoms with Crippen LogP contribution < -0.4 is 0 Å². The van der Waals surface area contributed by atoms with Crippen molar-refractivity contribution in [3.05, 3.63) is 59.9 Å². The summed E-state index contributed by atoms with van der Waals surface area (Å²) in [6.07, 6.45) is 2.08. The third-order valence-corrected chi connectivity index (χ3v) is 3.80. The number of rotatable bonds is 5. The maximum absolute atomic E-state index is 4.46. The van der Waals surface area contributed by atoms with E-state index in [0.717, 1.165) is 49.8 Å². The molecule has 1 heterocycles. The normalized spacial score (nSPS) is 15.1. The predicted octanol–water partition coefficient (Wildman–Crippen LogP) is 4.97. The first-order chi connectivity index (χ1) is 10.5. The SMILES string of the molecule is C.C.C=C(/C=C(/C)N=C(C)C)N1CCN(Cc2ccccc2)CC1. The molecule has 1 aliphatic heterocycles. The van der Waals surface area contributed by atoms with E-state index in [-0.39, 0.29) is 14.9 Å². The van der Waals surface area contributed by atoms with Gasteiger partial charge in [0.25, 0.3) is 0 Å². The fourth-order valence-corrected chi connectivity index (χ4v) is 2.75. The first-order valence-corrected chi connectivity index (χ1v) is 7.95. The minimum Gasteiger partial charge on any atom is -0.369 e. The van der Waals surface area contributed by atoms with Crippen LogP contribution in [0.1, 0.15) is 41.2 Å². The molecule has 1 fully saturated rings. The summed E-state index contributed by atoms with van der Waals surface area (Å²) < 4.78 is 0. The molecule has 0 saturated carbocycles. The van der Waals surface area contributed by atoms with Gasteiger partial charge in [0.2, 0.25) is 0 Å². The number of aliphatic imine (C=N–C) groups is 1. The van der Waals surface area contributed by atoms with Gasteiger partial charge in [-0.15, -0.1) is 0 Å². The molecule has 0 bridgehead atoms. The molecule has 1 aromatic rings. The Balaban J connectivity index is 0.00000264. The molecular formula is C21H35N3. The molecule has 0 unspecified atom stereocenters. The van der Waals surface area contributed by atoms with Crippen LogP contribution in [0.4, 0.5) is 0 Å². The smallest absolute Gasteiger partial charge is 0.0392 e. The first-order valence-electron chi connectivity index (χ1n) is 7.95. The van der Waals surface area contributed by atoms with Crippen molar-refractivity contribution in [1.82, 2.24) is 9.80 Å². The van der Waals surface area contributed by atoms with Crippen molar-refractivity contribution in [3.8, 4) is 0 Å². The molecule has 1 saturated heterocycles. The van der Waals surface area contributed by atoms with Gasteiger partial charge in [0.15, 0.2) is 0 Å². The van der Waals surface area contributed by atoms with Crippen molar-refractivity contribution in [2.75, 3.05) is 26.2 Å². The zero-order valence-electron chi connectivity index (χ0n) is 14.0. The Kier molecular flexibility index (Phi) is 9.98. The second kappa shape index (κ2) is 10.8. The van der Waals surface area contributed by atoms with E-state index in [1.807, 2.05) is 20.8 Å². The summed E-state index contributed by atoms with van der Waals surface area (Å²) in [5.74, 6) is 0. The highest BCUT2D eigenvalue weighted by Crippen LogP contribution is 2.14. The molecule has 24 heavy (non-hydrogen) atoms. The third kappa shape index (κ3) is 7.14. The molecule has 0 aliphatic carbocycles. The average Bonchev–Trinajstić information content (AvgIpc) is 2.48. The number of hydrogen-bond acceptors (Lipinski definition) is 3. The zero-order chi connectivity index (χ0) is 15.9. The summed E-state index contributed by atoms with van der Waals surface area (Å²) in [7, 11) is 0. The second-order valence-corrected chi connectivity index (χ2v) is 6.08. The molecule has 0 spiro atoms. The summed E-state index contributed by atoms with van der Waals surface area (Å²) in [4.78, 5) is 9.32. The minimum absolute atomic E-state index is 0. The van der Waals surface area contributed by atoms with E-state index in [9.17, 15) is 0 Å². The molecule has 0 amide bonds. The molecule has 3 heteroatoms. The van der Waals surface area contributed by atoms with Crippen molar-refractivity contribution >= 4 is 5.71 Å². The van der Waals surface area contributed by atoms with Crippen molar-refractivity contribution in [3.63, 3.8) is 0 Å². The monoisotopic (exact) mass is 329 g/mol. The summed E-state index contributed by atoms with van der Waals surface area (Å²) in [5.41, 5.74) is 4.56. The molecule has 2 rings (SSSR count). The van der Waals surface area contributed by atoms with Crippen LogP contribution in [-0.2, 0) is 6.54 Å². The van der Waals surface area contributed by atoms with Gasteiger partial charge in [0.05, 0.1) is 0 Å². The highest BCUT2D eigenvalue weighted by molar-refractivity contribution is 5.80. The van der Waals surface area contributed by atoms with E-state index in [1.165, 1.54) is 5.56 Å². The maximum atomic E-state index is 4.46. The summed E-state index contributed by atoms with van der Waals surface area (Å²) >= 11 is 0. The van der Waals surface area contributed by atoms with Crippen molar-refractivity contribution in [2.24, 2.45) is 4.99 Å². The zero-order valence-corrected chi connectivity index (χ0v) is 14.0. The topological polar surface area (TPSA) is 18.8 Å². The Hall–Kier alpha value is -1.87. The Morgan fingerprint density at radius 3 is 2.17 bits per heavy atom. The Morgan fingerprint density at radius 2 is 1.62 bits per heavy atom. The van der Waals surface area contributed by atoms with E-state index >= 15 is 0 Å². The molecule has 1 aromatic carbocycles. The van der Waals surface area contributed by atoms with Crippen LogP contribution in [0.25, 0.3) is 0 Å². The van der Waals surface area contributed by atoms with Crippen LogP contribution in [0.15, 0.2) is 59.4 Å². The number of piperazine rings is 1. The van der Waals surface area contributed by atoms with E-state index in [0.29, 0.717) is 0 Å². The minimum atomic E-state index is 0. The standard InChI is InChI=1S/C19H27N3.2CH4/c1-16(2)20-17(3)14-18(4)22-12-10-21(11-13-22)15-19-8-6-5-7-9-19;;/h5-9,14H,4,10-13,15H2,1-3H3;2*1H4/b17-14-;;. The lowest BCUT2D eigenvalue weighted by Gasteiger charge is -2.36. The van der Waals surface area contributed by atoms with Gasteiger partial charge < -0.3 is 4.90 Å². The molecule has 0 atom stereocenters. The highest BCUT2D eigenvalue weighted by atomic mass is 15.3. The van der Waals surface area contributed by atoms with Crippen LogP contribution in [0.5, 0.6) is 0 Å². The average molecular weight is 330 g/mol. The molecular weight excluding hydrogens is 294 g/mol. The van der Waals surface area contributed by atoms with Gasteiger partial charge in [0, 0.05) is 49.8 Å². The quantitative estimate of drug-likeness (QED) is 0.561. The van der Waals surface area contributed by atoms with Crippen LogP contribution in [0.3, 0.4) is 0 Å². The van der Waals surface area contributed by atoms with Crippen molar-refractivity contribution in [1.29, 1.82) is 0 Å². The Labute approximate surface area is 149 Å². The lowest BCUT2D eigenvalue weighted by atomic mass is 10.2.